The van der Waals surface area contributed by atoms with E-state index in [0.717, 1.165) is 0 Å². The molecule has 0 spiro atoms. The van der Waals surface area contributed by atoms with Gasteiger partial charge in [0.15, 0.2) is 5.76 Å². The van der Waals surface area contributed by atoms with Gasteiger partial charge in [-0.1, -0.05) is 19.9 Å². The van der Waals surface area contributed by atoms with Crippen molar-refractivity contribution in [1.82, 2.24) is 0 Å². The topological polar surface area (TPSA) is 30.2 Å². The third kappa shape index (κ3) is 2.38. The Morgan fingerprint density at radius 3 is 2.83 bits per heavy atom. The van der Waals surface area contributed by atoms with E-state index in [1.165, 1.54) is 6.26 Å². The standard InChI is InChI=1S/C10H12O2/c1-8(2)5-6-9(11)10-4-3-7-12-10/h3-8H,1-2H3/b6-5+. The van der Waals surface area contributed by atoms with Crippen molar-refractivity contribution in [3.05, 3.63) is 36.3 Å². The van der Waals surface area contributed by atoms with E-state index in [4.69, 9.17) is 4.42 Å². The third-order valence-corrected chi connectivity index (χ3v) is 1.40. The Bertz CT molecular complexity index is 268. The van der Waals surface area contributed by atoms with Crippen LogP contribution in [0.1, 0.15) is 24.4 Å². The molecule has 1 heterocycles. The number of hydrogen-bond donors (Lipinski definition) is 0. The summed E-state index contributed by atoms with van der Waals surface area (Å²) in [4.78, 5) is 11.2. The lowest BCUT2D eigenvalue weighted by Crippen LogP contribution is -1.91. The first kappa shape index (κ1) is 8.78. The molecule has 0 aromatic carbocycles. The molecule has 0 fully saturated rings. The van der Waals surface area contributed by atoms with Crippen LogP contribution < -0.4 is 0 Å². The van der Waals surface area contributed by atoms with E-state index in [2.05, 4.69) is 0 Å². The molecule has 1 aromatic heterocycles. The Kier molecular flexibility index (Phi) is 2.86. The first-order valence-electron chi connectivity index (χ1n) is 3.96. The summed E-state index contributed by atoms with van der Waals surface area (Å²) in [5, 5.41) is 0. The molecule has 0 N–H and O–H groups in total. The summed E-state index contributed by atoms with van der Waals surface area (Å²) >= 11 is 0. The number of allylic oxidation sites excluding steroid dienone is 2. The van der Waals surface area contributed by atoms with Crippen molar-refractivity contribution < 1.29 is 9.21 Å². The fourth-order valence-electron chi connectivity index (χ4n) is 0.781. The van der Waals surface area contributed by atoms with E-state index >= 15 is 0 Å². The van der Waals surface area contributed by atoms with Gasteiger partial charge in [-0.2, -0.15) is 0 Å². The second kappa shape index (κ2) is 3.90. The summed E-state index contributed by atoms with van der Waals surface area (Å²) < 4.78 is 4.93. The molecule has 12 heavy (non-hydrogen) atoms. The van der Waals surface area contributed by atoms with E-state index in [1.54, 1.807) is 18.2 Å². The molecule has 0 radical (unpaired) electrons. The fraction of sp³-hybridized carbons (Fsp3) is 0.300. The highest BCUT2D eigenvalue weighted by atomic mass is 16.3. The molecule has 0 unspecified atom stereocenters. The molecule has 0 amide bonds. The quantitative estimate of drug-likeness (QED) is 0.508. The van der Waals surface area contributed by atoms with Crippen molar-refractivity contribution >= 4 is 5.78 Å². The third-order valence-electron chi connectivity index (χ3n) is 1.40. The van der Waals surface area contributed by atoms with Gasteiger partial charge in [-0.05, 0) is 24.1 Å². The van der Waals surface area contributed by atoms with Crippen LogP contribution in [-0.2, 0) is 0 Å². The SMILES string of the molecule is CC(C)/C=C/C(=O)c1ccco1. The summed E-state index contributed by atoms with van der Waals surface area (Å²) in [6.07, 6.45) is 4.89. The number of ketones is 1. The maximum absolute atomic E-state index is 11.2. The first-order valence-corrected chi connectivity index (χ1v) is 3.96. The number of furan rings is 1. The Morgan fingerprint density at radius 1 is 1.58 bits per heavy atom. The largest absolute Gasteiger partial charge is 0.461 e. The second-order valence-corrected chi connectivity index (χ2v) is 2.94. The molecule has 0 aliphatic heterocycles. The average Bonchev–Trinajstić information content (AvgIpc) is 2.51. The van der Waals surface area contributed by atoms with Crippen LogP contribution in [0, 0.1) is 5.92 Å². The van der Waals surface area contributed by atoms with Gasteiger partial charge >= 0.3 is 0 Å². The molecule has 2 heteroatoms. The van der Waals surface area contributed by atoms with Crippen molar-refractivity contribution in [2.75, 3.05) is 0 Å². The number of carbonyl (C=O) groups excluding carboxylic acids is 1. The summed E-state index contributed by atoms with van der Waals surface area (Å²) in [5.74, 6) is 0.713. The lowest BCUT2D eigenvalue weighted by atomic mass is 10.2. The lowest BCUT2D eigenvalue weighted by molar-refractivity contribution is 0.102. The van der Waals surface area contributed by atoms with Crippen LogP contribution in [0.15, 0.2) is 35.0 Å². The van der Waals surface area contributed by atoms with E-state index < -0.39 is 0 Å². The minimum absolute atomic E-state index is 0.0753. The molecular formula is C10H12O2. The van der Waals surface area contributed by atoms with E-state index in [9.17, 15) is 4.79 Å². The molecule has 0 saturated carbocycles. The molecule has 0 aliphatic carbocycles. The van der Waals surface area contributed by atoms with Crippen molar-refractivity contribution in [3.63, 3.8) is 0 Å². The van der Waals surface area contributed by atoms with Crippen LogP contribution in [0.2, 0.25) is 0 Å². The zero-order chi connectivity index (χ0) is 8.97. The molecule has 0 atom stereocenters. The predicted octanol–water partition coefficient (Wildman–Crippen LogP) is 2.67. The zero-order valence-corrected chi connectivity index (χ0v) is 7.28. The Hall–Kier alpha value is -1.31. The highest BCUT2D eigenvalue weighted by Crippen LogP contribution is 2.03. The maximum Gasteiger partial charge on any atom is 0.220 e. The highest BCUT2D eigenvalue weighted by Gasteiger charge is 2.02. The van der Waals surface area contributed by atoms with Gasteiger partial charge in [-0.3, -0.25) is 4.79 Å². The Balaban J connectivity index is 2.62. The fourth-order valence-corrected chi connectivity index (χ4v) is 0.781. The van der Waals surface area contributed by atoms with Crippen LogP contribution in [0.25, 0.3) is 0 Å². The van der Waals surface area contributed by atoms with Gasteiger partial charge in [-0.25, -0.2) is 0 Å². The van der Waals surface area contributed by atoms with E-state index in [-0.39, 0.29) is 5.78 Å². The summed E-state index contributed by atoms with van der Waals surface area (Å²) in [7, 11) is 0. The molecule has 0 saturated heterocycles. The number of carbonyl (C=O) groups is 1. The first-order chi connectivity index (χ1) is 5.70. The normalized spacial score (nSPS) is 11.2. The number of rotatable bonds is 3. The molecule has 0 aliphatic rings. The van der Waals surface area contributed by atoms with E-state index in [1.807, 2.05) is 19.9 Å². The van der Waals surface area contributed by atoms with Crippen LogP contribution >= 0.6 is 0 Å². The van der Waals surface area contributed by atoms with Gasteiger partial charge in [0, 0.05) is 0 Å². The molecule has 64 valence electrons. The van der Waals surface area contributed by atoms with Crippen LogP contribution in [0.5, 0.6) is 0 Å². The van der Waals surface area contributed by atoms with Crippen LogP contribution in [0.4, 0.5) is 0 Å². The van der Waals surface area contributed by atoms with E-state index in [0.29, 0.717) is 11.7 Å². The average molecular weight is 164 g/mol. The minimum Gasteiger partial charge on any atom is -0.461 e. The number of hydrogen-bond acceptors (Lipinski definition) is 2. The lowest BCUT2D eigenvalue weighted by Gasteiger charge is -1.91. The van der Waals surface area contributed by atoms with Crippen molar-refractivity contribution in [3.8, 4) is 0 Å². The smallest absolute Gasteiger partial charge is 0.220 e. The van der Waals surface area contributed by atoms with Crippen molar-refractivity contribution in [2.24, 2.45) is 5.92 Å². The van der Waals surface area contributed by atoms with Crippen molar-refractivity contribution in [1.29, 1.82) is 0 Å². The molecule has 2 nitrogen and oxygen atoms in total. The monoisotopic (exact) mass is 164 g/mol. The molecule has 1 rings (SSSR count). The molecule has 0 bridgehead atoms. The van der Waals surface area contributed by atoms with Crippen LogP contribution in [0.3, 0.4) is 0 Å². The predicted molar refractivity (Wildman–Crippen MR) is 47.0 cm³/mol. The minimum atomic E-state index is -0.0753. The van der Waals surface area contributed by atoms with Gasteiger partial charge in [0.1, 0.15) is 0 Å². The van der Waals surface area contributed by atoms with Gasteiger partial charge in [-0.15, -0.1) is 0 Å². The van der Waals surface area contributed by atoms with Gasteiger partial charge in [0.25, 0.3) is 0 Å². The summed E-state index contributed by atoms with van der Waals surface area (Å²) in [6, 6.07) is 3.36. The van der Waals surface area contributed by atoms with Crippen LogP contribution in [-0.4, -0.2) is 5.78 Å². The Labute approximate surface area is 71.9 Å². The Morgan fingerprint density at radius 2 is 2.33 bits per heavy atom. The maximum atomic E-state index is 11.2. The summed E-state index contributed by atoms with van der Waals surface area (Å²) in [6.45, 7) is 4.04. The molecular weight excluding hydrogens is 152 g/mol. The van der Waals surface area contributed by atoms with Gasteiger partial charge < -0.3 is 4.42 Å². The summed E-state index contributed by atoms with van der Waals surface area (Å²) in [5.41, 5.74) is 0. The van der Waals surface area contributed by atoms with Gasteiger partial charge in [0.05, 0.1) is 6.26 Å². The van der Waals surface area contributed by atoms with Crippen molar-refractivity contribution in [2.45, 2.75) is 13.8 Å². The van der Waals surface area contributed by atoms with Gasteiger partial charge in [0.2, 0.25) is 5.78 Å². The zero-order valence-electron chi connectivity index (χ0n) is 7.28. The molecule has 1 aromatic rings. The second-order valence-electron chi connectivity index (χ2n) is 2.94. The highest BCUT2D eigenvalue weighted by molar-refractivity contribution is 6.02.